The first-order chi connectivity index (χ1) is 10.0. The molecule has 5 heteroatoms. The molecule has 2 rings (SSSR count). The third-order valence-electron chi connectivity index (χ3n) is 4.74. The lowest BCUT2D eigenvalue weighted by molar-refractivity contribution is 0.0724. The smallest absolute Gasteiger partial charge is 0.0862 e. The van der Waals surface area contributed by atoms with E-state index in [2.05, 4.69) is 16.9 Å². The van der Waals surface area contributed by atoms with E-state index in [9.17, 15) is 5.11 Å². The Balaban J connectivity index is 1.96. The van der Waals surface area contributed by atoms with Crippen molar-refractivity contribution in [3.05, 3.63) is 11.4 Å². The van der Waals surface area contributed by atoms with Gasteiger partial charge in [-0.1, -0.05) is 19.8 Å². The molecule has 0 saturated carbocycles. The number of nitrogens with zero attached hydrogens (tertiary/aromatic N) is 3. The molecule has 0 aromatic carbocycles. The second-order valence-electron chi connectivity index (χ2n) is 6.33. The number of aromatic nitrogens is 2. The highest BCUT2D eigenvalue weighted by molar-refractivity contribution is 5.46. The van der Waals surface area contributed by atoms with E-state index in [0.29, 0.717) is 12.6 Å². The van der Waals surface area contributed by atoms with Gasteiger partial charge in [-0.2, -0.15) is 5.10 Å². The molecule has 0 aliphatic carbocycles. The quantitative estimate of drug-likeness (QED) is 0.872. The van der Waals surface area contributed by atoms with Crippen LogP contribution in [0.2, 0.25) is 0 Å². The van der Waals surface area contributed by atoms with Gasteiger partial charge in [0, 0.05) is 12.6 Å². The van der Waals surface area contributed by atoms with E-state index in [-0.39, 0.29) is 0 Å². The van der Waals surface area contributed by atoms with E-state index in [4.69, 9.17) is 5.73 Å². The van der Waals surface area contributed by atoms with Crippen LogP contribution < -0.4 is 5.73 Å². The van der Waals surface area contributed by atoms with Crippen LogP contribution >= 0.6 is 0 Å². The number of nitrogens with two attached hydrogens (primary N) is 1. The molecular formula is C16H30N4O. The highest BCUT2D eigenvalue weighted by atomic mass is 16.3. The number of aliphatic hydroxyl groups excluding tert-OH is 1. The zero-order valence-electron chi connectivity index (χ0n) is 13.7. The van der Waals surface area contributed by atoms with Crippen molar-refractivity contribution in [1.29, 1.82) is 0 Å². The zero-order valence-corrected chi connectivity index (χ0v) is 13.7. The van der Waals surface area contributed by atoms with Crippen molar-refractivity contribution >= 4 is 5.69 Å². The van der Waals surface area contributed by atoms with E-state index in [1.54, 1.807) is 0 Å². The van der Waals surface area contributed by atoms with Crippen LogP contribution in [0.4, 0.5) is 5.69 Å². The monoisotopic (exact) mass is 294 g/mol. The summed E-state index contributed by atoms with van der Waals surface area (Å²) in [7, 11) is 0. The Morgan fingerprint density at radius 2 is 2.05 bits per heavy atom. The molecule has 21 heavy (non-hydrogen) atoms. The summed E-state index contributed by atoms with van der Waals surface area (Å²) in [5, 5.41) is 14.9. The fourth-order valence-corrected chi connectivity index (χ4v) is 3.36. The van der Waals surface area contributed by atoms with Gasteiger partial charge >= 0.3 is 0 Å². The van der Waals surface area contributed by atoms with Crippen molar-refractivity contribution in [2.75, 3.05) is 18.8 Å². The Kier molecular flexibility index (Phi) is 5.65. The molecule has 2 atom stereocenters. The number of anilines is 1. The van der Waals surface area contributed by atoms with Crippen molar-refractivity contribution in [2.45, 2.75) is 71.6 Å². The maximum Gasteiger partial charge on any atom is 0.0862 e. The molecule has 2 heterocycles. The molecule has 0 amide bonds. The number of β-amino-alcohol motifs (C(OH)–C–C–N with tert-alkyl or cyclic N) is 1. The number of aliphatic hydroxyl groups is 1. The highest BCUT2D eigenvalue weighted by Crippen LogP contribution is 2.20. The standard InChI is InChI=1S/C16H30N4O/c1-4-14-8-6-5-7-9-19(14)10-15(21)11-20-13(3)16(17)12(2)18-20/h14-15,21H,4-11,17H2,1-3H3. The fraction of sp³-hybridized carbons (Fsp3) is 0.812. The molecule has 0 spiro atoms. The van der Waals surface area contributed by atoms with Crippen LogP contribution in [-0.4, -0.2) is 45.0 Å². The largest absolute Gasteiger partial charge is 0.396 e. The molecule has 1 saturated heterocycles. The fourth-order valence-electron chi connectivity index (χ4n) is 3.36. The molecule has 5 nitrogen and oxygen atoms in total. The third-order valence-corrected chi connectivity index (χ3v) is 4.74. The predicted molar refractivity (Wildman–Crippen MR) is 86.2 cm³/mol. The highest BCUT2D eigenvalue weighted by Gasteiger charge is 2.22. The summed E-state index contributed by atoms with van der Waals surface area (Å²) in [5.41, 5.74) is 8.49. The van der Waals surface area contributed by atoms with Crippen LogP contribution in [0.25, 0.3) is 0 Å². The van der Waals surface area contributed by atoms with E-state index in [1.807, 2.05) is 18.5 Å². The van der Waals surface area contributed by atoms with Crippen LogP contribution in [0.5, 0.6) is 0 Å². The summed E-state index contributed by atoms with van der Waals surface area (Å²) in [4.78, 5) is 2.46. The summed E-state index contributed by atoms with van der Waals surface area (Å²) >= 11 is 0. The lowest BCUT2D eigenvalue weighted by atomic mass is 10.1. The molecule has 1 aliphatic heterocycles. The van der Waals surface area contributed by atoms with E-state index in [1.165, 1.54) is 32.1 Å². The van der Waals surface area contributed by atoms with Crippen LogP contribution in [0, 0.1) is 13.8 Å². The summed E-state index contributed by atoms with van der Waals surface area (Å²) < 4.78 is 1.84. The molecule has 1 aliphatic rings. The van der Waals surface area contributed by atoms with Crippen molar-refractivity contribution in [3.63, 3.8) is 0 Å². The first-order valence-corrected chi connectivity index (χ1v) is 8.24. The molecule has 0 radical (unpaired) electrons. The van der Waals surface area contributed by atoms with Crippen molar-refractivity contribution in [1.82, 2.24) is 14.7 Å². The first-order valence-electron chi connectivity index (χ1n) is 8.24. The predicted octanol–water partition coefficient (Wildman–Crippen LogP) is 2.10. The Morgan fingerprint density at radius 3 is 2.67 bits per heavy atom. The Bertz CT molecular complexity index is 457. The van der Waals surface area contributed by atoms with E-state index >= 15 is 0 Å². The normalized spacial score (nSPS) is 22.2. The van der Waals surface area contributed by atoms with Crippen LogP contribution in [0.15, 0.2) is 0 Å². The first kappa shape index (κ1) is 16.3. The minimum Gasteiger partial charge on any atom is -0.396 e. The van der Waals surface area contributed by atoms with E-state index in [0.717, 1.165) is 30.2 Å². The maximum absolute atomic E-state index is 10.4. The van der Waals surface area contributed by atoms with Crippen LogP contribution in [0.1, 0.15) is 50.4 Å². The van der Waals surface area contributed by atoms with Gasteiger partial charge < -0.3 is 10.8 Å². The molecule has 3 N–H and O–H groups in total. The molecule has 1 fully saturated rings. The van der Waals surface area contributed by atoms with Crippen LogP contribution in [-0.2, 0) is 6.54 Å². The number of nitrogen functional groups attached to an aromatic ring is 1. The zero-order chi connectivity index (χ0) is 15.4. The molecule has 1 aromatic heterocycles. The minimum absolute atomic E-state index is 0.394. The van der Waals surface area contributed by atoms with Crippen LogP contribution in [0.3, 0.4) is 0 Å². The van der Waals surface area contributed by atoms with Crippen molar-refractivity contribution < 1.29 is 5.11 Å². The molecular weight excluding hydrogens is 264 g/mol. The molecule has 2 unspecified atom stereocenters. The van der Waals surface area contributed by atoms with Gasteiger partial charge in [0.05, 0.1) is 29.7 Å². The summed E-state index contributed by atoms with van der Waals surface area (Å²) in [6, 6.07) is 0.618. The number of aryl methyl sites for hydroxylation is 1. The van der Waals surface area contributed by atoms with Gasteiger partial charge in [0.2, 0.25) is 0 Å². The topological polar surface area (TPSA) is 67.3 Å². The van der Waals surface area contributed by atoms with Gasteiger partial charge in [-0.05, 0) is 39.7 Å². The average Bonchev–Trinajstić information content (AvgIpc) is 2.64. The Morgan fingerprint density at radius 1 is 1.29 bits per heavy atom. The number of hydrogen-bond donors (Lipinski definition) is 2. The summed E-state index contributed by atoms with van der Waals surface area (Å²) in [5.74, 6) is 0. The second kappa shape index (κ2) is 7.27. The van der Waals surface area contributed by atoms with E-state index < -0.39 is 6.10 Å². The SMILES string of the molecule is CCC1CCCCCN1CC(O)Cn1nc(C)c(N)c1C. The van der Waals surface area contributed by atoms with Gasteiger partial charge in [-0.3, -0.25) is 9.58 Å². The van der Waals surface area contributed by atoms with Crippen molar-refractivity contribution in [2.24, 2.45) is 0 Å². The Hall–Kier alpha value is -1.07. The number of likely N-dealkylation sites (tertiary alicyclic amines) is 1. The maximum atomic E-state index is 10.4. The summed E-state index contributed by atoms with van der Waals surface area (Å²) in [6.07, 6.45) is 5.91. The lowest BCUT2D eigenvalue weighted by Crippen LogP contribution is -2.41. The summed E-state index contributed by atoms with van der Waals surface area (Å²) in [6.45, 7) is 8.48. The lowest BCUT2D eigenvalue weighted by Gasteiger charge is -2.31. The molecule has 120 valence electrons. The van der Waals surface area contributed by atoms with Gasteiger partial charge in [0.15, 0.2) is 0 Å². The minimum atomic E-state index is -0.394. The van der Waals surface area contributed by atoms with Gasteiger partial charge in [0.25, 0.3) is 0 Å². The van der Waals surface area contributed by atoms with Gasteiger partial charge in [-0.25, -0.2) is 0 Å². The van der Waals surface area contributed by atoms with Crippen molar-refractivity contribution in [3.8, 4) is 0 Å². The van der Waals surface area contributed by atoms with Gasteiger partial charge in [0.1, 0.15) is 0 Å². The number of hydrogen-bond acceptors (Lipinski definition) is 4. The third kappa shape index (κ3) is 3.98. The molecule has 0 bridgehead atoms. The Labute approximate surface area is 128 Å². The van der Waals surface area contributed by atoms with Gasteiger partial charge in [-0.15, -0.1) is 0 Å². The average molecular weight is 294 g/mol. The second-order valence-corrected chi connectivity index (χ2v) is 6.33. The molecule has 1 aromatic rings. The number of rotatable bonds is 5.